The highest BCUT2D eigenvalue weighted by atomic mass is 28.3. The van der Waals surface area contributed by atoms with Gasteiger partial charge in [-0.3, -0.25) is 9.47 Å². The lowest BCUT2D eigenvalue weighted by atomic mass is 9.90. The van der Waals surface area contributed by atoms with Gasteiger partial charge >= 0.3 is 0 Å². The summed E-state index contributed by atoms with van der Waals surface area (Å²) in [6, 6.07) is 99.0. The lowest BCUT2D eigenvalue weighted by molar-refractivity contribution is 1.08. The van der Waals surface area contributed by atoms with E-state index in [2.05, 4.69) is 275 Å². The average Bonchev–Trinajstić information content (AvgIpc) is 4.21. The molecule has 0 saturated carbocycles. The first kappa shape index (κ1) is 43.1. The summed E-state index contributed by atoms with van der Waals surface area (Å²) in [5.41, 5.74) is 11.5. The van der Waals surface area contributed by atoms with Gasteiger partial charge in [-0.2, -0.15) is 0 Å². The molecular formula is C72H45N5Si. The molecule has 1 aliphatic rings. The Hall–Kier alpha value is -10.1. The summed E-state index contributed by atoms with van der Waals surface area (Å²) in [5.74, 6) is 1.81. The zero-order valence-corrected chi connectivity index (χ0v) is 43.2. The van der Waals surface area contributed by atoms with Crippen LogP contribution in [0.15, 0.2) is 273 Å². The fraction of sp³-hybridized carbons (Fsp3) is 0. The molecule has 16 aromatic rings. The Morgan fingerprint density at radius 3 is 1.78 bits per heavy atom. The minimum atomic E-state index is -2.99. The van der Waals surface area contributed by atoms with Crippen LogP contribution in [-0.4, -0.2) is 27.2 Å². The number of pyridine rings is 2. The van der Waals surface area contributed by atoms with E-state index in [1.165, 1.54) is 108 Å². The van der Waals surface area contributed by atoms with Crippen molar-refractivity contribution in [2.24, 2.45) is 0 Å². The quantitative estimate of drug-likeness (QED) is 0.123. The van der Waals surface area contributed by atoms with E-state index >= 15 is 0 Å². The third kappa shape index (κ3) is 5.89. The molecule has 12 aromatic carbocycles. The maximum Gasteiger partial charge on any atom is 0.184 e. The fourth-order valence-corrected chi connectivity index (χ4v) is 18.9. The number of fused-ring (bicyclic) bond motifs is 11. The van der Waals surface area contributed by atoms with E-state index in [0.29, 0.717) is 0 Å². The summed E-state index contributed by atoms with van der Waals surface area (Å²) in [7, 11) is -2.99. The van der Waals surface area contributed by atoms with Crippen molar-refractivity contribution >= 4 is 133 Å². The van der Waals surface area contributed by atoms with Crippen LogP contribution in [0.25, 0.3) is 109 Å². The summed E-state index contributed by atoms with van der Waals surface area (Å²) >= 11 is 0. The van der Waals surface area contributed by atoms with Crippen molar-refractivity contribution < 1.29 is 0 Å². The Balaban J connectivity index is 0.912. The number of rotatable bonds is 6. The van der Waals surface area contributed by atoms with E-state index in [-0.39, 0.29) is 0 Å². The maximum absolute atomic E-state index is 5.38. The molecule has 17 rings (SSSR count). The molecule has 6 heteroatoms. The summed E-state index contributed by atoms with van der Waals surface area (Å²) in [5, 5.41) is 18.9. The van der Waals surface area contributed by atoms with E-state index in [9.17, 15) is 0 Å². The van der Waals surface area contributed by atoms with Gasteiger partial charge in [0, 0.05) is 60.7 Å². The summed E-state index contributed by atoms with van der Waals surface area (Å²) in [4.78, 5) is 12.7. The van der Waals surface area contributed by atoms with E-state index in [0.717, 1.165) is 39.4 Å². The second kappa shape index (κ2) is 16.4. The second-order valence-electron chi connectivity index (χ2n) is 20.8. The van der Waals surface area contributed by atoms with Gasteiger partial charge in [0.15, 0.2) is 8.07 Å². The Morgan fingerprint density at radius 1 is 0.321 bits per heavy atom. The normalized spacial score (nSPS) is 13.2. The van der Waals surface area contributed by atoms with Gasteiger partial charge in [0.2, 0.25) is 0 Å². The lowest BCUT2D eigenvalue weighted by Crippen LogP contribution is -2.77. The highest BCUT2D eigenvalue weighted by molar-refractivity contribution is 7.21. The van der Waals surface area contributed by atoms with Crippen LogP contribution in [0.2, 0.25) is 0 Å². The Kier molecular flexibility index (Phi) is 9.08. The number of hydrogen-bond donors (Lipinski definition) is 0. The third-order valence-electron chi connectivity index (χ3n) is 16.9. The fourth-order valence-electron chi connectivity index (χ4n) is 13.8. The molecule has 0 atom stereocenters. The van der Waals surface area contributed by atoms with Gasteiger partial charge in [-0.1, -0.05) is 194 Å². The molecule has 5 nitrogen and oxygen atoms in total. The van der Waals surface area contributed by atoms with Crippen molar-refractivity contribution in [2.45, 2.75) is 0 Å². The minimum absolute atomic E-state index is 0.902. The van der Waals surface area contributed by atoms with Crippen molar-refractivity contribution in [1.82, 2.24) is 19.1 Å². The SMILES string of the molecule is c1ccc([Si]2(c3ccccc3)c3ccccc3N(c3ccc4ccccc4n3)c3ccc(-c4ccc5c(c4)c4ccccc4n5-c4cc5cccc6c5c5c4cccc5c4c6c5ccccc5n4-c4ccccn4)cc32)cc1. The lowest BCUT2D eigenvalue weighted by Gasteiger charge is -2.44. The molecule has 0 aliphatic carbocycles. The third-order valence-corrected chi connectivity index (χ3v) is 21.8. The molecule has 0 N–H and O–H groups in total. The van der Waals surface area contributed by atoms with E-state index in [1.807, 2.05) is 12.3 Å². The van der Waals surface area contributed by atoms with Gasteiger partial charge in [-0.25, -0.2) is 9.97 Å². The predicted octanol–water partition coefficient (Wildman–Crippen LogP) is 15.5. The first-order chi connectivity index (χ1) is 38.7. The first-order valence-electron chi connectivity index (χ1n) is 26.8. The first-order valence-corrected chi connectivity index (χ1v) is 28.8. The van der Waals surface area contributed by atoms with Crippen molar-refractivity contribution in [3.05, 3.63) is 273 Å². The molecule has 0 amide bonds. The smallest absolute Gasteiger partial charge is 0.184 e. The number of aromatic nitrogens is 4. The van der Waals surface area contributed by atoms with Crippen LogP contribution < -0.4 is 25.6 Å². The van der Waals surface area contributed by atoms with Crippen LogP contribution in [-0.2, 0) is 0 Å². The summed E-state index contributed by atoms with van der Waals surface area (Å²) in [6.45, 7) is 0. The maximum atomic E-state index is 5.38. The highest BCUT2D eigenvalue weighted by Gasteiger charge is 2.49. The standard InChI is InChI=1S/C72H45N5Si/c1-3-21-50(22-4-1)78(51-23-5-2-6-24-51)65-34-14-13-33-62(65)76(68-41-38-46-19-7-10-30-58(46)74-68)63-40-37-48(45-66(63)78)47-36-39-61-57(43-47)52-25-8-11-31-59(52)75(61)64-44-49-20-17-28-55-69(49)70-54(64)27-18-29-56(70)72-71(55)53-26-9-12-32-60(53)77(72)67-35-15-16-42-73-67/h1-45H. The zero-order chi connectivity index (χ0) is 51.1. The van der Waals surface area contributed by atoms with Crippen molar-refractivity contribution in [3.63, 3.8) is 0 Å². The monoisotopic (exact) mass is 1010 g/mol. The van der Waals surface area contributed by atoms with E-state index in [1.54, 1.807) is 0 Å². The summed E-state index contributed by atoms with van der Waals surface area (Å²) < 4.78 is 4.89. The van der Waals surface area contributed by atoms with Crippen molar-refractivity contribution in [1.29, 1.82) is 0 Å². The molecule has 1 aliphatic heterocycles. The van der Waals surface area contributed by atoms with Crippen LogP contribution in [0.1, 0.15) is 0 Å². The zero-order valence-electron chi connectivity index (χ0n) is 42.2. The van der Waals surface area contributed by atoms with Gasteiger partial charge in [0.05, 0.1) is 33.3 Å². The van der Waals surface area contributed by atoms with Gasteiger partial charge in [0.1, 0.15) is 11.6 Å². The largest absolute Gasteiger partial charge is 0.309 e. The van der Waals surface area contributed by atoms with Crippen LogP contribution >= 0.6 is 0 Å². The number of nitrogens with zero attached hydrogens (tertiary/aromatic N) is 5. The minimum Gasteiger partial charge on any atom is -0.309 e. The van der Waals surface area contributed by atoms with E-state index in [4.69, 9.17) is 9.97 Å². The number of para-hydroxylation sites is 4. The van der Waals surface area contributed by atoms with Crippen LogP contribution in [0.3, 0.4) is 0 Å². The molecule has 362 valence electrons. The molecule has 0 radical (unpaired) electrons. The van der Waals surface area contributed by atoms with Crippen LogP contribution in [0.4, 0.5) is 17.2 Å². The van der Waals surface area contributed by atoms with Gasteiger partial charge in [-0.05, 0) is 121 Å². The van der Waals surface area contributed by atoms with Gasteiger partial charge in [0.25, 0.3) is 0 Å². The van der Waals surface area contributed by atoms with Gasteiger partial charge in [-0.15, -0.1) is 0 Å². The second-order valence-corrected chi connectivity index (χ2v) is 24.5. The Morgan fingerprint density at radius 2 is 0.949 bits per heavy atom. The molecule has 78 heavy (non-hydrogen) atoms. The average molecular weight is 1010 g/mol. The van der Waals surface area contributed by atoms with Crippen LogP contribution in [0, 0.1) is 0 Å². The highest BCUT2D eigenvalue weighted by Crippen LogP contribution is 2.48. The Labute approximate surface area is 450 Å². The molecule has 0 saturated heterocycles. The van der Waals surface area contributed by atoms with Crippen molar-refractivity contribution in [3.8, 4) is 22.6 Å². The van der Waals surface area contributed by atoms with Crippen molar-refractivity contribution in [2.75, 3.05) is 4.90 Å². The van der Waals surface area contributed by atoms with Gasteiger partial charge < -0.3 is 4.57 Å². The molecule has 5 heterocycles. The molecule has 0 unspecified atom stereocenters. The molecular weight excluding hydrogens is 963 g/mol. The predicted molar refractivity (Wildman–Crippen MR) is 329 cm³/mol. The molecule has 0 spiro atoms. The topological polar surface area (TPSA) is 38.9 Å². The number of benzene rings is 12. The molecule has 4 aromatic heterocycles. The van der Waals surface area contributed by atoms with Crippen LogP contribution in [0.5, 0.6) is 0 Å². The number of anilines is 3. The van der Waals surface area contributed by atoms with E-state index < -0.39 is 8.07 Å². The molecule has 0 fully saturated rings. The summed E-state index contributed by atoms with van der Waals surface area (Å²) in [6.07, 6.45) is 1.90. The molecule has 0 bridgehead atoms. The number of hydrogen-bond acceptors (Lipinski definition) is 3. The Bertz CT molecular complexity index is 5060.